The standard InChI is InChI=1S/C18H26BrN3O2/c1-13-10-15(19)7-8-16(13)20-17(23)11-21(3)18(24)12-22-9-5-4-6-14(22)2/h7-8,10,14H,4-6,9,11-12H2,1-3H3,(H,20,23)/p+1/t14-/m1/s1. The summed E-state index contributed by atoms with van der Waals surface area (Å²) in [6.45, 7) is 5.74. The summed E-state index contributed by atoms with van der Waals surface area (Å²) in [7, 11) is 1.70. The van der Waals surface area contributed by atoms with E-state index in [2.05, 4.69) is 28.2 Å². The van der Waals surface area contributed by atoms with E-state index < -0.39 is 0 Å². The van der Waals surface area contributed by atoms with Crippen molar-refractivity contribution in [2.24, 2.45) is 0 Å². The fourth-order valence-electron chi connectivity index (χ4n) is 3.11. The molecule has 2 atom stereocenters. The maximum Gasteiger partial charge on any atom is 0.277 e. The van der Waals surface area contributed by atoms with Crippen molar-refractivity contribution in [2.75, 3.05) is 32.0 Å². The fourth-order valence-corrected chi connectivity index (χ4v) is 3.58. The van der Waals surface area contributed by atoms with Crippen LogP contribution in [-0.2, 0) is 9.59 Å². The van der Waals surface area contributed by atoms with E-state index in [4.69, 9.17) is 0 Å². The first-order chi connectivity index (χ1) is 11.4. The Kier molecular flexibility index (Phi) is 6.80. The first kappa shape index (κ1) is 18.9. The Morgan fingerprint density at radius 2 is 2.12 bits per heavy atom. The first-order valence-electron chi connectivity index (χ1n) is 8.51. The van der Waals surface area contributed by atoms with Gasteiger partial charge in [-0.2, -0.15) is 0 Å². The van der Waals surface area contributed by atoms with Crippen molar-refractivity contribution in [3.8, 4) is 0 Å². The number of nitrogens with zero attached hydrogens (tertiary/aromatic N) is 1. The summed E-state index contributed by atoms with van der Waals surface area (Å²) in [5.41, 5.74) is 1.76. The molecule has 0 saturated carbocycles. The molecule has 1 aliphatic heterocycles. The lowest BCUT2D eigenvalue weighted by molar-refractivity contribution is -0.921. The van der Waals surface area contributed by atoms with Crippen molar-refractivity contribution >= 4 is 33.4 Å². The summed E-state index contributed by atoms with van der Waals surface area (Å²) in [4.78, 5) is 27.4. The second-order valence-electron chi connectivity index (χ2n) is 6.74. The molecule has 6 heteroatoms. The van der Waals surface area contributed by atoms with Crippen LogP contribution in [0.3, 0.4) is 0 Å². The lowest BCUT2D eigenvalue weighted by Gasteiger charge is -2.30. The molecule has 24 heavy (non-hydrogen) atoms. The van der Waals surface area contributed by atoms with Crippen LogP contribution >= 0.6 is 15.9 Å². The van der Waals surface area contributed by atoms with E-state index in [1.165, 1.54) is 29.1 Å². The average Bonchev–Trinajstić information content (AvgIpc) is 2.52. The second kappa shape index (κ2) is 8.62. The third-order valence-corrected chi connectivity index (χ3v) is 5.22. The molecular weight excluding hydrogens is 370 g/mol. The molecule has 132 valence electrons. The number of likely N-dealkylation sites (N-methyl/N-ethyl adjacent to an activating group) is 1. The third-order valence-electron chi connectivity index (χ3n) is 4.73. The van der Waals surface area contributed by atoms with Crippen LogP contribution in [0.25, 0.3) is 0 Å². The lowest BCUT2D eigenvalue weighted by Crippen LogP contribution is -3.17. The molecule has 5 nitrogen and oxygen atoms in total. The summed E-state index contributed by atoms with van der Waals surface area (Å²) in [5, 5.41) is 2.88. The van der Waals surface area contributed by atoms with Crippen molar-refractivity contribution in [1.29, 1.82) is 0 Å². The number of quaternary nitrogens is 1. The topological polar surface area (TPSA) is 53.9 Å². The van der Waals surface area contributed by atoms with E-state index in [1.807, 2.05) is 25.1 Å². The molecule has 1 unspecified atom stereocenters. The van der Waals surface area contributed by atoms with Crippen LogP contribution in [0.15, 0.2) is 22.7 Å². The molecule has 0 radical (unpaired) electrons. The van der Waals surface area contributed by atoms with Crippen molar-refractivity contribution in [3.05, 3.63) is 28.2 Å². The summed E-state index contributed by atoms with van der Waals surface area (Å²) in [6.07, 6.45) is 3.61. The Morgan fingerprint density at radius 3 is 2.79 bits per heavy atom. The van der Waals surface area contributed by atoms with E-state index >= 15 is 0 Å². The van der Waals surface area contributed by atoms with E-state index in [0.29, 0.717) is 12.6 Å². The molecule has 2 rings (SSSR count). The molecule has 2 N–H and O–H groups in total. The highest BCUT2D eigenvalue weighted by atomic mass is 79.9. The Balaban J connectivity index is 1.85. The normalized spacial score (nSPS) is 20.5. The van der Waals surface area contributed by atoms with Gasteiger partial charge in [0.2, 0.25) is 5.91 Å². The number of piperidine rings is 1. The molecule has 0 spiro atoms. The number of benzene rings is 1. The smallest absolute Gasteiger partial charge is 0.277 e. The zero-order valence-electron chi connectivity index (χ0n) is 14.7. The van der Waals surface area contributed by atoms with Crippen LogP contribution in [0.2, 0.25) is 0 Å². The molecule has 1 heterocycles. The number of hydrogen-bond acceptors (Lipinski definition) is 2. The van der Waals surface area contributed by atoms with Crippen LogP contribution in [0, 0.1) is 6.92 Å². The number of halogens is 1. The second-order valence-corrected chi connectivity index (χ2v) is 7.65. The van der Waals surface area contributed by atoms with Gasteiger partial charge in [0.15, 0.2) is 6.54 Å². The molecule has 0 aromatic heterocycles. The summed E-state index contributed by atoms with van der Waals surface area (Å²) >= 11 is 3.41. The predicted molar refractivity (Wildman–Crippen MR) is 99.2 cm³/mol. The summed E-state index contributed by atoms with van der Waals surface area (Å²) < 4.78 is 0.976. The number of anilines is 1. The average molecular weight is 397 g/mol. The van der Waals surface area contributed by atoms with Gasteiger partial charge in [0.25, 0.3) is 5.91 Å². The van der Waals surface area contributed by atoms with E-state index in [-0.39, 0.29) is 18.4 Å². The largest absolute Gasteiger partial charge is 0.332 e. The Bertz CT molecular complexity index is 606. The number of carbonyl (C=O) groups is 2. The SMILES string of the molecule is Cc1cc(Br)ccc1NC(=O)CN(C)C(=O)C[NH+]1CCCC[C@H]1C. The molecule has 2 amide bonds. The van der Waals surface area contributed by atoms with Gasteiger partial charge in [-0.15, -0.1) is 0 Å². The molecular formula is C18H27BrN3O2+. The van der Waals surface area contributed by atoms with Gasteiger partial charge >= 0.3 is 0 Å². The number of hydrogen-bond donors (Lipinski definition) is 2. The van der Waals surface area contributed by atoms with Gasteiger partial charge in [0.1, 0.15) is 0 Å². The minimum absolute atomic E-state index is 0.0291. The minimum atomic E-state index is -0.169. The van der Waals surface area contributed by atoms with Crippen LogP contribution in [0.4, 0.5) is 5.69 Å². The molecule has 1 aromatic rings. The van der Waals surface area contributed by atoms with E-state index in [1.54, 1.807) is 7.05 Å². The molecule has 1 saturated heterocycles. The number of carbonyl (C=O) groups excluding carboxylic acids is 2. The highest BCUT2D eigenvalue weighted by Crippen LogP contribution is 2.19. The van der Waals surface area contributed by atoms with Gasteiger partial charge in [-0.3, -0.25) is 9.59 Å². The Morgan fingerprint density at radius 1 is 1.38 bits per heavy atom. The maximum atomic E-state index is 12.4. The third kappa shape index (κ3) is 5.31. The van der Waals surface area contributed by atoms with Gasteiger partial charge in [-0.1, -0.05) is 15.9 Å². The highest BCUT2D eigenvalue weighted by Gasteiger charge is 2.26. The van der Waals surface area contributed by atoms with Crippen molar-refractivity contribution in [1.82, 2.24) is 4.90 Å². The first-order valence-corrected chi connectivity index (χ1v) is 9.30. The van der Waals surface area contributed by atoms with Crippen LogP contribution in [-0.4, -0.2) is 49.4 Å². The molecule has 1 fully saturated rings. The van der Waals surface area contributed by atoms with Gasteiger partial charge in [-0.25, -0.2) is 0 Å². The fraction of sp³-hybridized carbons (Fsp3) is 0.556. The van der Waals surface area contributed by atoms with Gasteiger partial charge in [0, 0.05) is 17.2 Å². The number of likely N-dealkylation sites (tertiary alicyclic amines) is 1. The Labute approximate surface area is 152 Å². The van der Waals surface area contributed by atoms with Crippen LogP contribution in [0.1, 0.15) is 31.7 Å². The number of rotatable bonds is 5. The van der Waals surface area contributed by atoms with Gasteiger partial charge in [-0.05, 0) is 56.9 Å². The van der Waals surface area contributed by atoms with Crippen molar-refractivity contribution < 1.29 is 14.5 Å². The van der Waals surface area contributed by atoms with Gasteiger partial charge < -0.3 is 15.1 Å². The minimum Gasteiger partial charge on any atom is -0.332 e. The molecule has 1 aromatic carbocycles. The van der Waals surface area contributed by atoms with Crippen LogP contribution in [0.5, 0.6) is 0 Å². The highest BCUT2D eigenvalue weighted by molar-refractivity contribution is 9.10. The Hall–Kier alpha value is -1.40. The van der Waals surface area contributed by atoms with Crippen LogP contribution < -0.4 is 10.2 Å². The molecule has 1 aliphatic rings. The van der Waals surface area contributed by atoms with Crippen molar-refractivity contribution in [2.45, 2.75) is 39.2 Å². The maximum absolute atomic E-state index is 12.4. The van der Waals surface area contributed by atoms with E-state index in [9.17, 15) is 9.59 Å². The molecule has 0 aliphatic carbocycles. The predicted octanol–water partition coefficient (Wildman–Crippen LogP) is 1.61. The number of amides is 2. The summed E-state index contributed by atoms with van der Waals surface area (Å²) in [6, 6.07) is 6.22. The zero-order chi connectivity index (χ0) is 17.7. The molecule has 0 bridgehead atoms. The summed E-state index contributed by atoms with van der Waals surface area (Å²) in [5.74, 6) is -0.139. The number of nitrogens with one attached hydrogen (secondary N) is 2. The quantitative estimate of drug-likeness (QED) is 0.794. The monoisotopic (exact) mass is 396 g/mol. The lowest BCUT2D eigenvalue weighted by atomic mass is 10.0. The number of aryl methyl sites for hydroxylation is 1. The van der Waals surface area contributed by atoms with E-state index in [0.717, 1.165) is 22.3 Å². The van der Waals surface area contributed by atoms with Crippen molar-refractivity contribution in [3.63, 3.8) is 0 Å². The zero-order valence-corrected chi connectivity index (χ0v) is 16.3. The van der Waals surface area contributed by atoms with Gasteiger partial charge in [0.05, 0.1) is 19.1 Å².